The molecule has 3 aromatic rings. The summed E-state index contributed by atoms with van der Waals surface area (Å²) in [7, 11) is 0. The monoisotopic (exact) mass is 339 g/mol. The summed E-state index contributed by atoms with van der Waals surface area (Å²) in [6.07, 6.45) is 7.20. The van der Waals surface area contributed by atoms with E-state index in [1.54, 1.807) is 12.5 Å². The smallest absolute Gasteiger partial charge is 0.180 e. The van der Waals surface area contributed by atoms with Crippen LogP contribution in [0.2, 0.25) is 0 Å². The van der Waals surface area contributed by atoms with E-state index in [1.807, 2.05) is 0 Å². The van der Waals surface area contributed by atoms with E-state index in [9.17, 15) is 0 Å². The van der Waals surface area contributed by atoms with Gasteiger partial charge in [-0.15, -0.1) is 0 Å². The number of nitrogens with zero attached hydrogens (tertiary/aromatic N) is 3. The molecule has 25 heavy (non-hydrogen) atoms. The summed E-state index contributed by atoms with van der Waals surface area (Å²) in [5.41, 5.74) is 4.18. The highest BCUT2D eigenvalue weighted by atomic mass is 16.5. The fourth-order valence-corrected chi connectivity index (χ4v) is 3.28. The Morgan fingerprint density at radius 3 is 2.28 bits per heavy atom. The minimum Gasteiger partial charge on any atom is -0.487 e. The zero-order chi connectivity index (χ0) is 17.3. The zero-order valence-corrected chi connectivity index (χ0v) is 14.4. The lowest BCUT2D eigenvalue weighted by atomic mass is 10.00. The highest BCUT2D eigenvalue weighted by Crippen LogP contribution is 2.35. The predicted octanol–water partition coefficient (Wildman–Crippen LogP) is 3.58. The van der Waals surface area contributed by atoms with Gasteiger partial charge in [0.05, 0.1) is 11.4 Å². The van der Waals surface area contributed by atoms with Crippen LogP contribution in [0.4, 0.5) is 0 Å². The molecule has 1 aliphatic heterocycles. The average Bonchev–Trinajstić information content (AvgIpc) is 3.27. The van der Waals surface area contributed by atoms with Gasteiger partial charge in [-0.25, -0.2) is 9.97 Å². The minimum atomic E-state index is -0.123. The molecule has 6 nitrogen and oxygen atoms in total. The quantitative estimate of drug-likeness (QED) is 0.684. The van der Waals surface area contributed by atoms with E-state index in [0.717, 1.165) is 30.1 Å². The Balaban J connectivity index is 1.52. The van der Waals surface area contributed by atoms with Gasteiger partial charge in [0.15, 0.2) is 12.8 Å². The third kappa shape index (κ3) is 3.74. The van der Waals surface area contributed by atoms with Crippen molar-refractivity contribution < 1.29 is 13.6 Å². The van der Waals surface area contributed by atoms with Crippen molar-refractivity contribution in [3.63, 3.8) is 0 Å². The van der Waals surface area contributed by atoms with Crippen molar-refractivity contribution in [1.82, 2.24) is 14.9 Å². The Bertz CT molecular complexity index is 789. The van der Waals surface area contributed by atoms with Gasteiger partial charge in [0, 0.05) is 26.1 Å². The van der Waals surface area contributed by atoms with E-state index in [0.29, 0.717) is 13.1 Å². The molecule has 4 rings (SSSR count). The molecule has 0 bridgehead atoms. The van der Waals surface area contributed by atoms with Gasteiger partial charge in [-0.05, 0) is 31.0 Å². The van der Waals surface area contributed by atoms with Crippen LogP contribution in [0.5, 0.6) is 5.75 Å². The number of ether oxygens (including phenoxy) is 1. The number of benzene rings is 1. The van der Waals surface area contributed by atoms with Gasteiger partial charge < -0.3 is 13.6 Å². The zero-order valence-electron chi connectivity index (χ0n) is 14.4. The predicted molar refractivity (Wildman–Crippen MR) is 90.8 cm³/mol. The molecule has 0 saturated heterocycles. The first-order valence-corrected chi connectivity index (χ1v) is 8.35. The maximum absolute atomic E-state index is 5.97. The van der Waals surface area contributed by atoms with Crippen LogP contribution in [0.25, 0.3) is 0 Å². The molecule has 0 N–H and O–H groups in total. The molecule has 130 valence electrons. The molecule has 0 spiro atoms. The lowest BCUT2D eigenvalue weighted by molar-refractivity contribution is 0.138. The topological polar surface area (TPSA) is 64.5 Å². The molecular formula is C19H21N3O3. The molecule has 0 saturated carbocycles. The van der Waals surface area contributed by atoms with Crippen molar-refractivity contribution in [3.05, 3.63) is 66.0 Å². The summed E-state index contributed by atoms with van der Waals surface area (Å²) >= 11 is 0. The van der Waals surface area contributed by atoms with Crippen LogP contribution in [-0.4, -0.2) is 20.5 Å². The summed E-state index contributed by atoms with van der Waals surface area (Å²) in [5, 5.41) is 0. The molecule has 3 heterocycles. The number of hydrogen-bond donors (Lipinski definition) is 0. The molecule has 0 radical (unpaired) electrons. The van der Waals surface area contributed by atoms with Gasteiger partial charge in [0.2, 0.25) is 0 Å². The van der Waals surface area contributed by atoms with Crippen molar-refractivity contribution in [3.8, 4) is 5.75 Å². The van der Waals surface area contributed by atoms with E-state index in [4.69, 9.17) is 13.6 Å². The third-order valence-corrected chi connectivity index (χ3v) is 4.27. The molecule has 1 aliphatic rings. The summed E-state index contributed by atoms with van der Waals surface area (Å²) in [6.45, 7) is 6.39. The second-order valence-corrected chi connectivity index (χ2v) is 7.09. The van der Waals surface area contributed by atoms with Gasteiger partial charge in [-0.1, -0.05) is 12.1 Å². The highest BCUT2D eigenvalue weighted by molar-refractivity contribution is 5.41. The lowest BCUT2D eigenvalue weighted by Gasteiger charge is -2.20. The number of aromatic nitrogens is 2. The molecule has 6 heteroatoms. The Morgan fingerprint density at radius 2 is 1.68 bits per heavy atom. The molecule has 0 fully saturated rings. The van der Waals surface area contributed by atoms with Gasteiger partial charge >= 0.3 is 0 Å². The first kappa shape index (κ1) is 15.9. The fourth-order valence-electron chi connectivity index (χ4n) is 3.28. The minimum absolute atomic E-state index is 0.123. The normalized spacial score (nSPS) is 15.3. The molecule has 1 aromatic carbocycles. The van der Waals surface area contributed by atoms with E-state index in [1.165, 1.54) is 23.9 Å². The summed E-state index contributed by atoms with van der Waals surface area (Å²) in [5.74, 6) is 0.994. The van der Waals surface area contributed by atoms with Crippen LogP contribution in [0.1, 0.15) is 36.4 Å². The van der Waals surface area contributed by atoms with Crippen molar-refractivity contribution in [1.29, 1.82) is 0 Å². The maximum atomic E-state index is 5.97. The lowest BCUT2D eigenvalue weighted by Crippen LogP contribution is -2.24. The standard InChI is InChI=1S/C19H21N3O3/c1-19(2)6-15-5-14(3-4-18(15)25-19)7-22(8-16-10-23-12-20-16)9-17-11-24-13-21-17/h3-5,10-13H,6-9H2,1-2H3. The van der Waals surface area contributed by atoms with Crippen LogP contribution in [0.15, 0.2) is 52.3 Å². The average molecular weight is 339 g/mol. The Hall–Kier alpha value is -2.60. The summed E-state index contributed by atoms with van der Waals surface area (Å²) < 4.78 is 16.2. The van der Waals surface area contributed by atoms with Gasteiger partial charge in [-0.3, -0.25) is 4.90 Å². The van der Waals surface area contributed by atoms with Crippen LogP contribution in [-0.2, 0) is 26.1 Å². The fraction of sp³-hybridized carbons (Fsp3) is 0.368. The van der Waals surface area contributed by atoms with E-state index in [-0.39, 0.29) is 5.60 Å². The molecule has 0 atom stereocenters. The molecule has 0 unspecified atom stereocenters. The van der Waals surface area contributed by atoms with Crippen LogP contribution in [0.3, 0.4) is 0 Å². The largest absolute Gasteiger partial charge is 0.487 e. The Morgan fingerprint density at radius 1 is 1.00 bits per heavy atom. The van der Waals surface area contributed by atoms with E-state index >= 15 is 0 Å². The Labute approximate surface area is 146 Å². The van der Waals surface area contributed by atoms with Crippen molar-refractivity contribution in [2.24, 2.45) is 0 Å². The molecule has 0 aliphatic carbocycles. The van der Waals surface area contributed by atoms with Crippen molar-refractivity contribution >= 4 is 0 Å². The molecular weight excluding hydrogens is 318 g/mol. The Kier molecular flexibility index (Phi) is 4.05. The summed E-state index contributed by atoms with van der Waals surface area (Å²) in [6, 6.07) is 6.44. The number of oxazole rings is 2. The third-order valence-electron chi connectivity index (χ3n) is 4.27. The number of fused-ring (bicyclic) bond motifs is 1. The summed E-state index contributed by atoms with van der Waals surface area (Å²) in [4.78, 5) is 10.7. The number of hydrogen-bond acceptors (Lipinski definition) is 6. The first-order valence-electron chi connectivity index (χ1n) is 8.35. The van der Waals surface area contributed by atoms with E-state index < -0.39 is 0 Å². The van der Waals surface area contributed by atoms with Gasteiger partial charge in [0.25, 0.3) is 0 Å². The van der Waals surface area contributed by atoms with E-state index in [2.05, 4.69) is 46.9 Å². The SMILES string of the molecule is CC1(C)Cc2cc(CN(Cc3cocn3)Cc3cocn3)ccc2O1. The van der Waals surface area contributed by atoms with Crippen LogP contribution < -0.4 is 4.74 Å². The molecule has 0 amide bonds. The van der Waals surface area contributed by atoms with Gasteiger partial charge in [0.1, 0.15) is 23.9 Å². The van der Waals surface area contributed by atoms with Crippen molar-refractivity contribution in [2.45, 2.75) is 45.5 Å². The van der Waals surface area contributed by atoms with Crippen LogP contribution >= 0.6 is 0 Å². The highest BCUT2D eigenvalue weighted by Gasteiger charge is 2.30. The van der Waals surface area contributed by atoms with Gasteiger partial charge in [-0.2, -0.15) is 0 Å². The number of rotatable bonds is 6. The second-order valence-electron chi connectivity index (χ2n) is 7.09. The van der Waals surface area contributed by atoms with Crippen molar-refractivity contribution in [2.75, 3.05) is 0 Å². The second kappa shape index (κ2) is 6.37. The van der Waals surface area contributed by atoms with Crippen LogP contribution in [0, 0.1) is 0 Å². The molecule has 2 aromatic heterocycles. The maximum Gasteiger partial charge on any atom is 0.180 e. The first-order chi connectivity index (χ1) is 12.1.